The van der Waals surface area contributed by atoms with Crippen molar-refractivity contribution in [2.45, 2.75) is 13.3 Å². The monoisotopic (exact) mass is 361 g/mol. The van der Waals surface area contributed by atoms with Crippen molar-refractivity contribution in [3.63, 3.8) is 0 Å². The molecular formula is C19H16ClNO4. The minimum atomic E-state index is -1.09. The van der Waals surface area contributed by atoms with E-state index >= 15 is 0 Å². The molecule has 6 heteroatoms. The van der Waals surface area contributed by atoms with Crippen molar-refractivity contribution >= 4 is 34.4 Å². The fraction of sp³-hybridized carbons (Fsp3) is 0.158. The van der Waals surface area contributed by atoms with Crippen LogP contribution in [0.5, 0.6) is 5.75 Å². The third-order valence-corrected chi connectivity index (χ3v) is 4.07. The number of rotatable bonds is 4. The van der Waals surface area contributed by atoms with Crippen LogP contribution in [-0.2, 0) is 11.2 Å². The molecule has 0 amide bonds. The highest BCUT2D eigenvalue weighted by Gasteiger charge is 2.21. The summed E-state index contributed by atoms with van der Waals surface area (Å²) in [7, 11) is 1.46. The van der Waals surface area contributed by atoms with Crippen molar-refractivity contribution in [2.75, 3.05) is 7.11 Å². The second kappa shape index (κ2) is 6.61. The fourth-order valence-electron chi connectivity index (χ4n) is 2.74. The molecule has 3 rings (SSSR count). The summed E-state index contributed by atoms with van der Waals surface area (Å²) < 4.78 is 38.3. The van der Waals surface area contributed by atoms with Crippen LogP contribution in [-0.4, -0.2) is 28.7 Å². The predicted octanol–water partition coefficient (Wildman–Crippen LogP) is 3.93. The minimum Gasteiger partial charge on any atom is -0.497 e. The molecule has 128 valence electrons. The number of halogens is 1. The molecule has 1 N–H and O–H groups in total. The van der Waals surface area contributed by atoms with Crippen molar-refractivity contribution in [2.24, 2.45) is 0 Å². The van der Waals surface area contributed by atoms with Crippen molar-refractivity contribution in [3.05, 3.63) is 64.2 Å². The molecule has 0 bridgehead atoms. The number of aromatic nitrogens is 1. The Balaban J connectivity index is 2.35. The lowest BCUT2D eigenvalue weighted by Gasteiger charge is -2.08. The number of carbonyl (C=O) groups excluding carboxylic acids is 1. The van der Waals surface area contributed by atoms with Crippen LogP contribution in [0.25, 0.3) is 10.9 Å². The molecule has 0 unspecified atom stereocenters. The molecule has 3 aromatic rings. The second-order valence-corrected chi connectivity index (χ2v) is 5.73. The van der Waals surface area contributed by atoms with Gasteiger partial charge >= 0.3 is 5.97 Å². The summed E-state index contributed by atoms with van der Waals surface area (Å²) >= 11 is 5.82. The van der Waals surface area contributed by atoms with Crippen LogP contribution < -0.4 is 4.74 Å². The van der Waals surface area contributed by atoms with Crippen molar-refractivity contribution < 1.29 is 24.9 Å². The molecule has 0 aliphatic heterocycles. The molecule has 2 aromatic carbocycles. The number of carboxylic acid groups (broad SMARTS) is 1. The van der Waals surface area contributed by atoms with Gasteiger partial charge < -0.3 is 9.84 Å². The predicted molar refractivity (Wildman–Crippen MR) is 95.7 cm³/mol. The van der Waals surface area contributed by atoms with Gasteiger partial charge in [-0.3, -0.25) is 14.2 Å². The van der Waals surface area contributed by atoms with Gasteiger partial charge in [0.05, 0.1) is 24.5 Å². The number of fused-ring (bicyclic) bond motifs is 1. The highest BCUT2D eigenvalue weighted by molar-refractivity contribution is 6.30. The minimum absolute atomic E-state index is 0.326. The molecular weight excluding hydrogens is 342 g/mol. The lowest BCUT2D eigenvalue weighted by atomic mass is 10.1. The highest BCUT2D eigenvalue weighted by Crippen LogP contribution is 2.30. The molecule has 0 saturated heterocycles. The lowest BCUT2D eigenvalue weighted by Crippen LogP contribution is -2.14. The summed E-state index contributed by atoms with van der Waals surface area (Å²) in [6.07, 6.45) is -0.342. The maximum Gasteiger partial charge on any atom is 0.307 e. The molecule has 0 saturated carbocycles. The zero-order chi connectivity index (χ0) is 21.6. The first-order valence-corrected chi connectivity index (χ1v) is 7.68. The van der Waals surface area contributed by atoms with Crippen LogP contribution in [0.2, 0.25) is 5.02 Å². The molecule has 1 heterocycles. The van der Waals surface area contributed by atoms with Crippen LogP contribution in [0.1, 0.15) is 27.1 Å². The second-order valence-electron chi connectivity index (χ2n) is 5.35. The lowest BCUT2D eigenvalue weighted by molar-refractivity contribution is -0.136. The van der Waals surface area contributed by atoms with Gasteiger partial charge in [-0.05, 0) is 54.9 Å². The van der Waals surface area contributed by atoms with Gasteiger partial charge in [0.1, 0.15) is 5.75 Å². The molecule has 0 fully saturated rings. The number of hydrogen-bond acceptors (Lipinski definition) is 3. The molecule has 0 spiro atoms. The summed E-state index contributed by atoms with van der Waals surface area (Å²) in [6.45, 7) is 1.56. The van der Waals surface area contributed by atoms with Gasteiger partial charge in [-0.2, -0.15) is 0 Å². The van der Waals surface area contributed by atoms with Gasteiger partial charge in [0.2, 0.25) is 0 Å². The Morgan fingerprint density at radius 2 is 1.96 bits per heavy atom. The zero-order valence-electron chi connectivity index (χ0n) is 17.4. The third kappa shape index (κ3) is 3.10. The summed E-state index contributed by atoms with van der Waals surface area (Å²) in [5.74, 6) is -1.41. The van der Waals surface area contributed by atoms with E-state index in [0.29, 0.717) is 27.9 Å². The Hall–Kier alpha value is -2.79. The number of nitrogens with zero attached hydrogens (tertiary/aromatic N) is 1. The van der Waals surface area contributed by atoms with Crippen molar-refractivity contribution in [1.29, 1.82) is 0 Å². The summed E-state index contributed by atoms with van der Waals surface area (Å²) in [4.78, 5) is 24.7. The number of ether oxygens (including phenoxy) is 1. The van der Waals surface area contributed by atoms with Crippen LogP contribution in [0.4, 0.5) is 0 Å². The van der Waals surface area contributed by atoms with Gasteiger partial charge in [0, 0.05) is 21.7 Å². The number of carbonyl (C=O) groups is 2. The van der Waals surface area contributed by atoms with Crippen molar-refractivity contribution in [1.82, 2.24) is 4.57 Å². The van der Waals surface area contributed by atoms with Crippen LogP contribution in [0, 0.1) is 6.92 Å². The van der Waals surface area contributed by atoms with Gasteiger partial charge in [-0.1, -0.05) is 11.6 Å². The Bertz CT molecular complexity index is 1160. The quantitative estimate of drug-likeness (QED) is 0.764. The molecule has 1 aromatic heterocycles. The van der Waals surface area contributed by atoms with Crippen LogP contribution in [0.15, 0.2) is 42.4 Å². The van der Waals surface area contributed by atoms with E-state index < -0.39 is 41.6 Å². The molecule has 0 aliphatic rings. The van der Waals surface area contributed by atoms with Gasteiger partial charge in [0.15, 0.2) is 0 Å². The number of hydrogen-bond donors (Lipinski definition) is 1. The fourth-order valence-corrected chi connectivity index (χ4v) is 2.84. The average Bonchev–Trinajstić information content (AvgIpc) is 2.95. The summed E-state index contributed by atoms with van der Waals surface area (Å²) in [5.41, 5.74) is 0.648. The van der Waals surface area contributed by atoms with E-state index in [9.17, 15) is 14.7 Å². The molecule has 0 atom stereocenters. The van der Waals surface area contributed by atoms with E-state index in [1.165, 1.54) is 11.7 Å². The van der Waals surface area contributed by atoms with Gasteiger partial charge in [0.25, 0.3) is 5.91 Å². The normalized spacial score (nSPS) is 13.1. The average molecular weight is 362 g/mol. The van der Waals surface area contributed by atoms with E-state index in [1.807, 2.05) is 0 Å². The number of benzene rings is 2. The summed E-state index contributed by atoms with van der Waals surface area (Å²) in [6, 6.07) is 2.65. The number of aliphatic carboxylic acids is 1. The maximum atomic E-state index is 13.3. The highest BCUT2D eigenvalue weighted by atomic mass is 35.5. The van der Waals surface area contributed by atoms with Gasteiger partial charge in [-0.15, -0.1) is 0 Å². The smallest absolute Gasteiger partial charge is 0.307 e. The zero-order valence-corrected chi connectivity index (χ0v) is 14.2. The largest absolute Gasteiger partial charge is 0.497 e. The van der Waals surface area contributed by atoms with Crippen LogP contribution in [0.3, 0.4) is 0 Å². The van der Waals surface area contributed by atoms with E-state index in [-0.39, 0.29) is 11.4 Å². The Labute approximate surface area is 155 Å². The maximum absolute atomic E-state index is 13.3. The van der Waals surface area contributed by atoms with E-state index in [2.05, 4.69) is 0 Å². The summed E-state index contributed by atoms with van der Waals surface area (Å²) in [5, 5.41) is 9.40. The third-order valence-electron chi connectivity index (χ3n) is 3.88. The van der Waals surface area contributed by atoms with E-state index in [4.69, 9.17) is 21.8 Å². The first kappa shape index (κ1) is 12.6. The Morgan fingerprint density at radius 3 is 2.56 bits per heavy atom. The van der Waals surface area contributed by atoms with E-state index in [1.54, 1.807) is 25.1 Å². The number of carboxylic acids is 1. The molecule has 0 aliphatic carbocycles. The molecule has 5 nitrogen and oxygen atoms in total. The molecule has 25 heavy (non-hydrogen) atoms. The Kier molecular flexibility index (Phi) is 3.32. The standard InChI is InChI=1S/C19H16ClNO4/c1-11-15(10-18(22)23)16-9-14(25-2)7-8-17(16)21(11)19(24)12-3-5-13(20)6-4-12/h3-9H,10H2,1-2H3,(H,22,23)/i3D,4D,5D,6D. The topological polar surface area (TPSA) is 68.5 Å². The van der Waals surface area contributed by atoms with Gasteiger partial charge in [-0.25, -0.2) is 0 Å². The first-order chi connectivity index (χ1) is 13.6. The van der Waals surface area contributed by atoms with Crippen LogP contribution >= 0.6 is 11.6 Å². The van der Waals surface area contributed by atoms with E-state index in [0.717, 1.165) is 0 Å². The molecule has 0 radical (unpaired) electrons. The van der Waals surface area contributed by atoms with Crippen molar-refractivity contribution in [3.8, 4) is 5.75 Å². The number of methoxy groups -OCH3 is 1. The first-order valence-electron chi connectivity index (χ1n) is 9.30. The SMILES string of the molecule is [2H]c1c([2H])c(C(=O)n2c(C)c(CC(=O)O)c3cc(OC)ccc32)c([2H])c([2H])c1Cl. The Morgan fingerprint density at radius 1 is 1.28 bits per heavy atom.